The lowest BCUT2D eigenvalue weighted by Gasteiger charge is -2.36. The van der Waals surface area contributed by atoms with Crippen molar-refractivity contribution < 1.29 is 14.7 Å². The van der Waals surface area contributed by atoms with Crippen LogP contribution in [0, 0.1) is 6.92 Å². The second-order valence-corrected chi connectivity index (χ2v) is 6.38. The van der Waals surface area contributed by atoms with Gasteiger partial charge in [-0.1, -0.05) is 17.7 Å². The van der Waals surface area contributed by atoms with Gasteiger partial charge in [0.15, 0.2) is 0 Å². The molecule has 2 rings (SSSR count). The number of carboxylic acid groups (broad SMARTS) is 1. The molecule has 1 heterocycles. The molecule has 1 aromatic rings. The summed E-state index contributed by atoms with van der Waals surface area (Å²) in [6.45, 7) is 6.59. The number of aliphatic carboxylic acids is 1. The van der Waals surface area contributed by atoms with Gasteiger partial charge < -0.3 is 10.0 Å². The minimum absolute atomic E-state index is 0.189. The van der Waals surface area contributed by atoms with Crippen molar-refractivity contribution in [2.45, 2.75) is 26.2 Å². The van der Waals surface area contributed by atoms with Crippen molar-refractivity contribution in [1.82, 2.24) is 4.90 Å². The molecule has 1 aliphatic heterocycles. The molecule has 0 aliphatic carbocycles. The first-order valence-electron chi connectivity index (χ1n) is 7.92. The largest absolute Gasteiger partial charge is 0.481 e. The zero-order chi connectivity index (χ0) is 16.8. The SMILES string of the molecule is Cc1ccc(N2CCN(CCCC(=O)CC(=O)O)CC2)cc1Cl. The van der Waals surface area contributed by atoms with Crippen molar-refractivity contribution in [3.63, 3.8) is 0 Å². The molecule has 1 aromatic carbocycles. The average molecular weight is 339 g/mol. The van der Waals surface area contributed by atoms with E-state index in [2.05, 4.69) is 15.9 Å². The Balaban J connectivity index is 1.72. The highest BCUT2D eigenvalue weighted by Crippen LogP contribution is 2.24. The van der Waals surface area contributed by atoms with Crippen LogP contribution in [0.3, 0.4) is 0 Å². The normalized spacial score (nSPS) is 15.7. The molecule has 1 aliphatic rings. The Hall–Kier alpha value is -1.59. The fourth-order valence-corrected chi connectivity index (χ4v) is 2.94. The molecule has 23 heavy (non-hydrogen) atoms. The summed E-state index contributed by atoms with van der Waals surface area (Å²) in [5, 5.41) is 9.35. The molecular formula is C17H23ClN2O3. The molecule has 1 N–H and O–H groups in total. The maximum Gasteiger partial charge on any atom is 0.310 e. The van der Waals surface area contributed by atoms with E-state index in [-0.39, 0.29) is 12.2 Å². The van der Waals surface area contributed by atoms with E-state index in [0.717, 1.165) is 55.4 Å². The summed E-state index contributed by atoms with van der Waals surface area (Å²) in [6, 6.07) is 6.15. The molecule has 0 spiro atoms. The van der Waals surface area contributed by atoms with Gasteiger partial charge in [0.2, 0.25) is 0 Å². The lowest BCUT2D eigenvalue weighted by atomic mass is 10.1. The van der Waals surface area contributed by atoms with E-state index in [9.17, 15) is 9.59 Å². The van der Waals surface area contributed by atoms with Crippen LogP contribution in [0.15, 0.2) is 18.2 Å². The van der Waals surface area contributed by atoms with E-state index in [1.165, 1.54) is 0 Å². The van der Waals surface area contributed by atoms with Gasteiger partial charge in [-0.2, -0.15) is 0 Å². The van der Waals surface area contributed by atoms with Gasteiger partial charge in [-0.3, -0.25) is 14.5 Å². The van der Waals surface area contributed by atoms with Crippen LogP contribution >= 0.6 is 11.6 Å². The first-order valence-corrected chi connectivity index (χ1v) is 8.30. The molecule has 6 heteroatoms. The Morgan fingerprint density at radius 2 is 1.91 bits per heavy atom. The number of piperazine rings is 1. The molecule has 0 bridgehead atoms. The van der Waals surface area contributed by atoms with Gasteiger partial charge >= 0.3 is 5.97 Å². The molecule has 126 valence electrons. The van der Waals surface area contributed by atoms with E-state index in [4.69, 9.17) is 16.7 Å². The summed E-state index contributed by atoms with van der Waals surface area (Å²) in [6.07, 6.45) is 0.713. The molecule has 1 saturated heterocycles. The number of hydrogen-bond donors (Lipinski definition) is 1. The highest BCUT2D eigenvalue weighted by molar-refractivity contribution is 6.31. The van der Waals surface area contributed by atoms with Crippen LogP contribution in [-0.2, 0) is 9.59 Å². The monoisotopic (exact) mass is 338 g/mol. The van der Waals surface area contributed by atoms with E-state index < -0.39 is 5.97 Å². The van der Waals surface area contributed by atoms with Gasteiger partial charge in [0, 0.05) is 43.3 Å². The number of hydrogen-bond acceptors (Lipinski definition) is 4. The topological polar surface area (TPSA) is 60.9 Å². The molecule has 0 saturated carbocycles. The van der Waals surface area contributed by atoms with Crippen LogP contribution in [0.25, 0.3) is 0 Å². The molecule has 0 aromatic heterocycles. The first kappa shape index (κ1) is 17.8. The molecule has 0 atom stereocenters. The number of ketones is 1. The lowest BCUT2D eigenvalue weighted by molar-refractivity contribution is -0.140. The second kappa shape index (κ2) is 8.31. The van der Waals surface area contributed by atoms with Crippen molar-refractivity contribution in [3.8, 4) is 0 Å². The Kier molecular flexibility index (Phi) is 6.42. The second-order valence-electron chi connectivity index (χ2n) is 5.97. The minimum atomic E-state index is -1.04. The quantitative estimate of drug-likeness (QED) is 0.774. The smallest absolute Gasteiger partial charge is 0.310 e. The van der Waals surface area contributed by atoms with E-state index >= 15 is 0 Å². The molecular weight excluding hydrogens is 316 g/mol. The van der Waals surface area contributed by atoms with Gasteiger partial charge in [-0.15, -0.1) is 0 Å². The summed E-state index contributed by atoms with van der Waals surface area (Å²) < 4.78 is 0. The number of anilines is 1. The van der Waals surface area contributed by atoms with Crippen molar-refractivity contribution >= 4 is 29.0 Å². The maximum absolute atomic E-state index is 11.4. The first-order chi connectivity index (χ1) is 11.0. The third-order valence-corrected chi connectivity index (χ3v) is 4.58. The zero-order valence-corrected chi connectivity index (χ0v) is 14.2. The zero-order valence-electron chi connectivity index (χ0n) is 13.4. The predicted octanol–water partition coefficient (Wildman–Crippen LogP) is 2.59. The highest BCUT2D eigenvalue weighted by Gasteiger charge is 2.18. The van der Waals surface area contributed by atoms with Crippen LogP contribution in [-0.4, -0.2) is 54.5 Å². The Labute approximate surface area is 141 Å². The van der Waals surface area contributed by atoms with Crippen molar-refractivity contribution in [1.29, 1.82) is 0 Å². The number of nitrogens with zero attached hydrogens (tertiary/aromatic N) is 2. The van der Waals surface area contributed by atoms with Gasteiger partial charge in [-0.05, 0) is 37.6 Å². The number of benzene rings is 1. The number of carbonyl (C=O) groups excluding carboxylic acids is 1. The molecule has 5 nitrogen and oxygen atoms in total. The predicted molar refractivity (Wildman–Crippen MR) is 91.3 cm³/mol. The minimum Gasteiger partial charge on any atom is -0.481 e. The Bertz CT molecular complexity index is 569. The molecule has 1 fully saturated rings. The van der Waals surface area contributed by atoms with Crippen LogP contribution in [0.1, 0.15) is 24.8 Å². The highest BCUT2D eigenvalue weighted by atomic mass is 35.5. The van der Waals surface area contributed by atoms with Crippen molar-refractivity contribution in [2.75, 3.05) is 37.6 Å². The molecule has 0 radical (unpaired) electrons. The van der Waals surface area contributed by atoms with Crippen LogP contribution < -0.4 is 4.90 Å². The summed E-state index contributed by atoms with van der Waals surface area (Å²) in [7, 11) is 0. The lowest BCUT2D eigenvalue weighted by Crippen LogP contribution is -2.46. The standard InChI is InChI=1S/C17H23ClN2O3/c1-13-4-5-14(11-16(13)18)20-9-7-19(8-10-20)6-2-3-15(21)12-17(22)23/h4-5,11H,2-3,6-10,12H2,1H3,(H,22,23). The number of aryl methyl sites for hydroxylation is 1. The van der Waals surface area contributed by atoms with Crippen LogP contribution in [0.5, 0.6) is 0 Å². The van der Waals surface area contributed by atoms with E-state index in [0.29, 0.717) is 6.42 Å². The number of Topliss-reactive ketones (excluding diaryl/α,β-unsaturated/α-hetero) is 1. The fourth-order valence-electron chi connectivity index (χ4n) is 2.77. The fraction of sp³-hybridized carbons (Fsp3) is 0.529. The third-order valence-electron chi connectivity index (χ3n) is 4.17. The third kappa shape index (κ3) is 5.52. The summed E-state index contributed by atoms with van der Waals surface area (Å²) in [5.74, 6) is -1.23. The van der Waals surface area contributed by atoms with E-state index in [1.54, 1.807) is 0 Å². The summed E-state index contributed by atoms with van der Waals surface area (Å²) >= 11 is 6.19. The number of carbonyl (C=O) groups is 2. The Morgan fingerprint density at radius 3 is 2.52 bits per heavy atom. The maximum atomic E-state index is 11.4. The average Bonchev–Trinajstić information content (AvgIpc) is 2.50. The van der Waals surface area contributed by atoms with Gasteiger partial charge in [-0.25, -0.2) is 0 Å². The van der Waals surface area contributed by atoms with E-state index in [1.807, 2.05) is 19.1 Å². The van der Waals surface area contributed by atoms with Gasteiger partial charge in [0.05, 0.1) is 0 Å². The number of rotatable bonds is 7. The van der Waals surface area contributed by atoms with Gasteiger partial charge in [0.25, 0.3) is 0 Å². The van der Waals surface area contributed by atoms with Gasteiger partial charge in [0.1, 0.15) is 12.2 Å². The summed E-state index contributed by atoms with van der Waals surface area (Å²) in [5.41, 5.74) is 2.23. The number of halogens is 1. The Morgan fingerprint density at radius 1 is 1.22 bits per heavy atom. The van der Waals surface area contributed by atoms with Crippen molar-refractivity contribution in [2.24, 2.45) is 0 Å². The number of carboxylic acids is 1. The van der Waals surface area contributed by atoms with Crippen LogP contribution in [0.4, 0.5) is 5.69 Å². The van der Waals surface area contributed by atoms with Crippen molar-refractivity contribution in [3.05, 3.63) is 28.8 Å². The molecule has 0 amide bonds. The summed E-state index contributed by atoms with van der Waals surface area (Å²) in [4.78, 5) is 26.5. The molecule has 0 unspecified atom stereocenters. The van der Waals surface area contributed by atoms with Crippen LogP contribution in [0.2, 0.25) is 5.02 Å².